The van der Waals surface area contributed by atoms with Gasteiger partial charge in [-0.05, 0) is 101 Å². The SMILES string of the molecule is O=C(N[C@@H](Cc1ccc(Cl)c(Cl)c1)C(=O)O)c1ccc(Cl)cc1NS(=O)(=O)c1c(F)cccc1F.O=C(O)c1ccc(I)cc1NS(=O)(=O)c1c(F)cccc1F. The second-order valence-electron chi connectivity index (χ2n) is 11.3. The molecule has 300 valence electrons. The number of halogens is 8. The lowest BCUT2D eigenvalue weighted by Gasteiger charge is -2.18. The van der Waals surface area contributed by atoms with Gasteiger partial charge in [0.15, 0.2) is 9.79 Å². The van der Waals surface area contributed by atoms with Crippen molar-refractivity contribution in [1.29, 1.82) is 0 Å². The molecule has 0 heterocycles. The molecule has 1 atom stereocenters. The largest absolute Gasteiger partial charge is 0.480 e. The first-order valence-electron chi connectivity index (χ1n) is 15.3. The number of hydrogen-bond donors (Lipinski definition) is 5. The van der Waals surface area contributed by atoms with Crippen LogP contribution in [-0.4, -0.2) is 50.9 Å². The van der Waals surface area contributed by atoms with Crippen molar-refractivity contribution in [3.05, 3.63) is 150 Å². The van der Waals surface area contributed by atoms with E-state index in [9.17, 15) is 53.9 Å². The average molecular weight is 1000 g/mol. The number of carbonyl (C=O) groups is 3. The van der Waals surface area contributed by atoms with Gasteiger partial charge in [-0.3, -0.25) is 14.2 Å². The number of amides is 1. The molecule has 5 aromatic rings. The lowest BCUT2D eigenvalue weighted by molar-refractivity contribution is -0.139. The molecule has 5 rings (SSSR count). The third kappa shape index (κ3) is 11.5. The Morgan fingerprint density at radius 3 is 1.61 bits per heavy atom. The van der Waals surface area contributed by atoms with Crippen LogP contribution in [0, 0.1) is 26.8 Å². The van der Waals surface area contributed by atoms with E-state index in [1.54, 1.807) is 0 Å². The molecule has 0 radical (unpaired) electrons. The Kier molecular flexibility index (Phi) is 14.8. The van der Waals surface area contributed by atoms with E-state index in [1.807, 2.05) is 32.0 Å². The van der Waals surface area contributed by atoms with E-state index in [1.165, 1.54) is 42.5 Å². The van der Waals surface area contributed by atoms with E-state index >= 15 is 0 Å². The summed E-state index contributed by atoms with van der Waals surface area (Å²) in [4.78, 5) is 33.4. The van der Waals surface area contributed by atoms with Crippen molar-refractivity contribution in [2.24, 2.45) is 0 Å². The molecule has 5 aromatic carbocycles. The number of rotatable bonds is 12. The third-order valence-electron chi connectivity index (χ3n) is 7.33. The van der Waals surface area contributed by atoms with E-state index in [0.29, 0.717) is 9.13 Å². The Morgan fingerprint density at radius 2 is 1.14 bits per heavy atom. The second-order valence-corrected chi connectivity index (χ2v) is 17.0. The van der Waals surface area contributed by atoms with Crippen molar-refractivity contribution in [2.45, 2.75) is 22.3 Å². The zero-order valence-corrected chi connectivity index (χ0v) is 34.1. The Balaban J connectivity index is 0.000000281. The number of hydrogen-bond acceptors (Lipinski definition) is 7. The predicted molar refractivity (Wildman–Crippen MR) is 211 cm³/mol. The highest BCUT2D eigenvalue weighted by Gasteiger charge is 2.29. The molecule has 22 heteroatoms. The summed E-state index contributed by atoms with van der Waals surface area (Å²) in [6.07, 6.45) is -0.174. The normalized spacial score (nSPS) is 11.8. The van der Waals surface area contributed by atoms with E-state index in [4.69, 9.17) is 39.9 Å². The molecule has 0 saturated heterocycles. The van der Waals surface area contributed by atoms with E-state index in [-0.39, 0.29) is 38.3 Å². The molecular weight excluding hydrogens is 980 g/mol. The van der Waals surface area contributed by atoms with Gasteiger partial charge < -0.3 is 15.5 Å². The second kappa shape index (κ2) is 18.7. The molecule has 0 aromatic heterocycles. The molecule has 57 heavy (non-hydrogen) atoms. The van der Waals surface area contributed by atoms with Gasteiger partial charge in [0.1, 0.15) is 29.3 Å². The highest BCUT2D eigenvalue weighted by atomic mass is 127. The summed E-state index contributed by atoms with van der Waals surface area (Å²) < 4.78 is 109. The van der Waals surface area contributed by atoms with Crippen molar-refractivity contribution in [1.82, 2.24) is 5.32 Å². The lowest BCUT2D eigenvalue weighted by Crippen LogP contribution is -2.42. The summed E-state index contributed by atoms with van der Waals surface area (Å²) in [6.45, 7) is 0. The first kappa shape index (κ1) is 45.0. The van der Waals surface area contributed by atoms with Gasteiger partial charge in [0.05, 0.1) is 32.5 Å². The van der Waals surface area contributed by atoms with Crippen molar-refractivity contribution < 1.29 is 59.0 Å². The number of nitrogens with one attached hydrogen (secondary N) is 3. The van der Waals surface area contributed by atoms with Crippen LogP contribution in [0.3, 0.4) is 0 Å². The molecule has 0 aliphatic carbocycles. The van der Waals surface area contributed by atoms with E-state index < -0.39 is 82.7 Å². The fourth-order valence-electron chi connectivity index (χ4n) is 4.79. The zero-order valence-electron chi connectivity index (χ0n) is 28.0. The number of benzene rings is 5. The first-order chi connectivity index (χ1) is 26.6. The number of anilines is 2. The summed E-state index contributed by atoms with van der Waals surface area (Å²) in [5.74, 6) is -8.97. The molecule has 0 aliphatic rings. The number of carbonyl (C=O) groups excluding carboxylic acids is 1. The Labute approximate surface area is 350 Å². The summed E-state index contributed by atoms with van der Waals surface area (Å²) >= 11 is 19.6. The Hall–Kier alpha value is -4.67. The van der Waals surface area contributed by atoms with Crippen LogP contribution in [0.25, 0.3) is 0 Å². The number of carboxylic acid groups (broad SMARTS) is 2. The molecule has 0 fully saturated rings. The molecule has 0 spiro atoms. The molecular formula is C35H23Cl3F4IN3O9S2. The van der Waals surface area contributed by atoms with Gasteiger partial charge >= 0.3 is 11.9 Å². The zero-order chi connectivity index (χ0) is 42.4. The highest BCUT2D eigenvalue weighted by molar-refractivity contribution is 14.1. The molecule has 0 bridgehead atoms. The van der Waals surface area contributed by atoms with Gasteiger partial charge in [0.25, 0.3) is 26.0 Å². The van der Waals surface area contributed by atoms with Crippen molar-refractivity contribution in [3.8, 4) is 0 Å². The van der Waals surface area contributed by atoms with Gasteiger partial charge in [-0.1, -0.05) is 53.0 Å². The van der Waals surface area contributed by atoms with Crippen LogP contribution >= 0.6 is 57.4 Å². The van der Waals surface area contributed by atoms with Crippen molar-refractivity contribution in [2.75, 3.05) is 9.44 Å². The first-order valence-corrected chi connectivity index (χ1v) is 20.5. The lowest BCUT2D eigenvalue weighted by atomic mass is 10.1. The minimum Gasteiger partial charge on any atom is -0.480 e. The number of aromatic carboxylic acids is 1. The summed E-state index contributed by atoms with van der Waals surface area (Å²) in [6, 6.07) is 15.4. The maximum Gasteiger partial charge on any atom is 0.337 e. The molecule has 5 N–H and O–H groups in total. The van der Waals surface area contributed by atoms with Crippen LogP contribution in [0.15, 0.2) is 101 Å². The standard InChI is InChI=1S/C22H15Cl3F2N2O5S.C13H8F2INO4S/c23-12-5-6-13(18(10-12)29-35(33,34)20-16(26)2-1-3-17(20)27)21(30)28-19(22(31)32)9-11-4-7-14(24)15(25)8-11;14-9-2-1-3-10(15)12(9)22(20,21)17-11-6-7(16)4-5-8(11)13(18)19/h1-8,10,19,29H,9H2,(H,28,30)(H,31,32);1-6,17H,(H,18,19)/t19-;/m0./s1. The fraction of sp³-hybridized carbons (Fsp3) is 0.0571. The van der Waals surface area contributed by atoms with Crippen LogP contribution in [-0.2, 0) is 31.3 Å². The van der Waals surface area contributed by atoms with Crippen LogP contribution in [0.2, 0.25) is 15.1 Å². The third-order valence-corrected chi connectivity index (χ3v) is 11.8. The van der Waals surface area contributed by atoms with Crippen LogP contribution < -0.4 is 14.8 Å². The van der Waals surface area contributed by atoms with Gasteiger partial charge in [0.2, 0.25) is 0 Å². The van der Waals surface area contributed by atoms with Gasteiger partial charge in [-0.2, -0.15) is 0 Å². The maximum absolute atomic E-state index is 14.1. The predicted octanol–water partition coefficient (Wildman–Crippen LogP) is 8.22. The molecule has 0 saturated carbocycles. The van der Waals surface area contributed by atoms with Gasteiger partial charge in [0, 0.05) is 15.0 Å². The molecule has 1 amide bonds. The summed E-state index contributed by atoms with van der Waals surface area (Å²) in [5.41, 5.74) is -0.909. The summed E-state index contributed by atoms with van der Waals surface area (Å²) in [5, 5.41) is 21.4. The van der Waals surface area contributed by atoms with E-state index in [2.05, 4.69) is 5.32 Å². The molecule has 0 unspecified atom stereocenters. The molecule has 0 aliphatic heterocycles. The van der Waals surface area contributed by atoms with Gasteiger partial charge in [-0.25, -0.2) is 44.0 Å². The van der Waals surface area contributed by atoms with Crippen LogP contribution in [0.1, 0.15) is 26.3 Å². The van der Waals surface area contributed by atoms with Gasteiger partial charge in [-0.15, -0.1) is 0 Å². The van der Waals surface area contributed by atoms with Crippen molar-refractivity contribution >= 4 is 107 Å². The summed E-state index contributed by atoms with van der Waals surface area (Å²) in [7, 11) is -9.45. The Morgan fingerprint density at radius 1 is 0.649 bits per heavy atom. The monoisotopic (exact) mass is 1000 g/mol. The molecule has 12 nitrogen and oxygen atoms in total. The minimum atomic E-state index is -4.83. The fourth-order valence-corrected chi connectivity index (χ4v) is 8.20. The quantitative estimate of drug-likeness (QED) is 0.0605. The smallest absolute Gasteiger partial charge is 0.337 e. The minimum absolute atomic E-state index is 0.00107. The maximum atomic E-state index is 14.1. The number of aliphatic carboxylic acids is 1. The van der Waals surface area contributed by atoms with Crippen LogP contribution in [0.4, 0.5) is 28.9 Å². The average Bonchev–Trinajstić information content (AvgIpc) is 3.09. The topological polar surface area (TPSA) is 196 Å². The highest BCUT2D eigenvalue weighted by Crippen LogP contribution is 2.29. The number of sulfonamides is 2. The van der Waals surface area contributed by atoms with Crippen molar-refractivity contribution in [3.63, 3.8) is 0 Å². The van der Waals surface area contributed by atoms with Crippen LogP contribution in [0.5, 0.6) is 0 Å². The van der Waals surface area contributed by atoms with E-state index in [0.717, 1.165) is 48.5 Å². The Bertz CT molecular complexity index is 2590. The number of carboxylic acids is 2.